The van der Waals surface area contributed by atoms with Crippen LogP contribution in [0.2, 0.25) is 0 Å². The number of pyridine rings is 1. The van der Waals surface area contributed by atoms with Crippen LogP contribution in [-0.4, -0.2) is 35.9 Å². The van der Waals surface area contributed by atoms with E-state index in [2.05, 4.69) is 22.9 Å². The predicted octanol–water partition coefficient (Wildman–Crippen LogP) is 2.67. The van der Waals surface area contributed by atoms with Gasteiger partial charge in [0.25, 0.3) is 0 Å². The van der Waals surface area contributed by atoms with E-state index in [1.165, 1.54) is 30.4 Å². The van der Waals surface area contributed by atoms with Gasteiger partial charge in [-0.3, -0.25) is 4.79 Å². The Morgan fingerprint density at radius 2 is 2.00 bits per heavy atom. The maximum atomic E-state index is 11.1. The van der Waals surface area contributed by atoms with Crippen LogP contribution in [-0.2, 0) is 4.79 Å². The third kappa shape index (κ3) is 2.51. The fourth-order valence-electron chi connectivity index (χ4n) is 3.45. The molecule has 2 saturated heterocycles. The molecule has 108 valence electrons. The average Bonchev–Trinajstić information content (AvgIpc) is 2.96. The molecule has 0 aromatic carbocycles. The van der Waals surface area contributed by atoms with Crippen molar-refractivity contribution in [2.45, 2.75) is 45.1 Å². The fraction of sp³-hybridized carbons (Fsp3) is 0.625. The number of nitrogens with zero attached hydrogens (tertiary/aromatic N) is 3. The highest BCUT2D eigenvalue weighted by Gasteiger charge is 2.26. The van der Waals surface area contributed by atoms with Gasteiger partial charge in [0.2, 0.25) is 6.41 Å². The topological polar surface area (TPSA) is 36.4 Å². The molecular weight excluding hydrogens is 250 g/mol. The van der Waals surface area contributed by atoms with E-state index in [9.17, 15) is 4.79 Å². The van der Waals surface area contributed by atoms with E-state index in [0.29, 0.717) is 0 Å². The first-order chi connectivity index (χ1) is 9.79. The van der Waals surface area contributed by atoms with E-state index in [0.717, 1.165) is 44.7 Å². The van der Waals surface area contributed by atoms with Crippen molar-refractivity contribution in [3.05, 3.63) is 23.4 Å². The summed E-state index contributed by atoms with van der Waals surface area (Å²) < 4.78 is 0. The Labute approximate surface area is 120 Å². The lowest BCUT2D eigenvalue weighted by molar-refractivity contribution is -0.118. The summed E-state index contributed by atoms with van der Waals surface area (Å²) in [6.07, 6.45) is 9.00. The molecule has 1 amide bonds. The van der Waals surface area contributed by atoms with E-state index in [1.807, 2.05) is 11.1 Å². The molecule has 1 aromatic heterocycles. The maximum absolute atomic E-state index is 11.1. The number of carbonyl (C=O) groups excluding carboxylic acids is 1. The van der Waals surface area contributed by atoms with Gasteiger partial charge in [-0.05, 0) is 56.2 Å². The van der Waals surface area contributed by atoms with Gasteiger partial charge in [-0.2, -0.15) is 0 Å². The number of likely N-dealkylation sites (tertiary alicyclic amines) is 1. The van der Waals surface area contributed by atoms with E-state index in [-0.39, 0.29) is 6.04 Å². The molecule has 2 aliphatic rings. The molecule has 20 heavy (non-hydrogen) atoms. The molecule has 0 N–H and O–H groups in total. The van der Waals surface area contributed by atoms with Crippen molar-refractivity contribution in [1.29, 1.82) is 0 Å². The smallest absolute Gasteiger partial charge is 0.210 e. The van der Waals surface area contributed by atoms with Gasteiger partial charge in [0.1, 0.15) is 5.82 Å². The third-order valence-corrected chi connectivity index (χ3v) is 4.61. The lowest BCUT2D eigenvalue weighted by atomic mass is 10.0. The molecule has 3 heterocycles. The summed E-state index contributed by atoms with van der Waals surface area (Å²) in [5.74, 6) is 1.10. The minimum atomic E-state index is 0.232. The van der Waals surface area contributed by atoms with Crippen molar-refractivity contribution in [2.75, 3.05) is 24.5 Å². The third-order valence-electron chi connectivity index (χ3n) is 4.61. The molecule has 0 unspecified atom stereocenters. The highest BCUT2D eigenvalue weighted by atomic mass is 16.1. The summed E-state index contributed by atoms with van der Waals surface area (Å²) in [4.78, 5) is 20.1. The van der Waals surface area contributed by atoms with E-state index < -0.39 is 0 Å². The van der Waals surface area contributed by atoms with Gasteiger partial charge in [0.15, 0.2) is 0 Å². The first-order valence-corrected chi connectivity index (χ1v) is 7.72. The molecule has 4 heteroatoms. The summed E-state index contributed by atoms with van der Waals surface area (Å²) in [5.41, 5.74) is 2.48. The van der Waals surface area contributed by atoms with E-state index >= 15 is 0 Å². The molecule has 0 radical (unpaired) electrons. The summed E-state index contributed by atoms with van der Waals surface area (Å²) >= 11 is 0. The van der Waals surface area contributed by atoms with Gasteiger partial charge in [-0.15, -0.1) is 0 Å². The van der Waals surface area contributed by atoms with Crippen molar-refractivity contribution < 1.29 is 4.79 Å². The molecule has 0 bridgehead atoms. The SMILES string of the molecule is Cc1cc(N2CCCCC2)ncc1[C@H]1CCCN1C=O. The minimum Gasteiger partial charge on any atom is -0.357 e. The van der Waals surface area contributed by atoms with Gasteiger partial charge >= 0.3 is 0 Å². The normalized spacial score (nSPS) is 23.1. The van der Waals surface area contributed by atoms with Crippen molar-refractivity contribution in [2.24, 2.45) is 0 Å². The average molecular weight is 273 g/mol. The summed E-state index contributed by atoms with van der Waals surface area (Å²) in [5, 5.41) is 0. The van der Waals surface area contributed by atoms with Crippen LogP contribution in [0.3, 0.4) is 0 Å². The Kier molecular flexibility index (Phi) is 3.90. The molecule has 1 atom stereocenters. The van der Waals surface area contributed by atoms with Crippen LogP contribution in [0.1, 0.15) is 49.3 Å². The summed E-state index contributed by atoms with van der Waals surface area (Å²) in [7, 11) is 0. The lowest BCUT2D eigenvalue weighted by Crippen LogP contribution is -2.30. The fourth-order valence-corrected chi connectivity index (χ4v) is 3.45. The van der Waals surface area contributed by atoms with Crippen LogP contribution in [0.4, 0.5) is 5.82 Å². The monoisotopic (exact) mass is 273 g/mol. The predicted molar refractivity (Wildman–Crippen MR) is 79.8 cm³/mol. The molecule has 0 saturated carbocycles. The molecule has 0 aliphatic carbocycles. The molecular formula is C16H23N3O. The maximum Gasteiger partial charge on any atom is 0.210 e. The Hall–Kier alpha value is -1.58. The zero-order chi connectivity index (χ0) is 13.9. The van der Waals surface area contributed by atoms with Crippen molar-refractivity contribution in [3.8, 4) is 0 Å². The lowest BCUT2D eigenvalue weighted by Gasteiger charge is -2.29. The molecule has 0 spiro atoms. The zero-order valence-corrected chi connectivity index (χ0v) is 12.2. The summed E-state index contributed by atoms with van der Waals surface area (Å²) in [6, 6.07) is 2.43. The second-order valence-corrected chi connectivity index (χ2v) is 5.95. The summed E-state index contributed by atoms with van der Waals surface area (Å²) in [6.45, 7) is 5.26. The van der Waals surface area contributed by atoms with Gasteiger partial charge in [-0.25, -0.2) is 4.98 Å². The van der Waals surface area contributed by atoms with Crippen molar-refractivity contribution >= 4 is 12.2 Å². The molecule has 2 aliphatic heterocycles. The molecule has 2 fully saturated rings. The standard InChI is InChI=1S/C16H23N3O/c1-13-10-16(18-7-3-2-4-8-18)17-11-14(13)15-6-5-9-19(15)12-20/h10-12,15H,2-9H2,1H3/t15-/m1/s1. The van der Waals surface area contributed by atoms with Crippen LogP contribution >= 0.6 is 0 Å². The Morgan fingerprint density at radius 1 is 1.20 bits per heavy atom. The van der Waals surface area contributed by atoms with Crippen LogP contribution in [0.15, 0.2) is 12.3 Å². The van der Waals surface area contributed by atoms with Gasteiger partial charge < -0.3 is 9.80 Å². The van der Waals surface area contributed by atoms with Crippen LogP contribution in [0.5, 0.6) is 0 Å². The molecule has 3 rings (SSSR count). The van der Waals surface area contributed by atoms with Crippen LogP contribution in [0, 0.1) is 6.92 Å². The number of hydrogen-bond acceptors (Lipinski definition) is 3. The number of amides is 1. The Morgan fingerprint density at radius 3 is 2.70 bits per heavy atom. The largest absolute Gasteiger partial charge is 0.357 e. The van der Waals surface area contributed by atoms with Gasteiger partial charge in [-0.1, -0.05) is 0 Å². The van der Waals surface area contributed by atoms with Gasteiger partial charge in [0, 0.05) is 25.8 Å². The molecule has 4 nitrogen and oxygen atoms in total. The van der Waals surface area contributed by atoms with E-state index in [4.69, 9.17) is 0 Å². The van der Waals surface area contributed by atoms with Gasteiger partial charge in [0.05, 0.1) is 6.04 Å². The van der Waals surface area contributed by atoms with Crippen LogP contribution < -0.4 is 4.90 Å². The number of anilines is 1. The van der Waals surface area contributed by atoms with Crippen LogP contribution in [0.25, 0.3) is 0 Å². The first-order valence-electron chi connectivity index (χ1n) is 7.72. The highest BCUT2D eigenvalue weighted by Crippen LogP contribution is 2.33. The van der Waals surface area contributed by atoms with Crippen molar-refractivity contribution in [1.82, 2.24) is 9.88 Å². The number of aryl methyl sites for hydroxylation is 1. The minimum absolute atomic E-state index is 0.232. The second-order valence-electron chi connectivity index (χ2n) is 5.95. The first kappa shape index (κ1) is 13.4. The quantitative estimate of drug-likeness (QED) is 0.794. The number of piperidine rings is 1. The van der Waals surface area contributed by atoms with E-state index in [1.54, 1.807) is 0 Å². The molecule has 1 aromatic rings. The number of aromatic nitrogens is 1. The highest BCUT2D eigenvalue weighted by molar-refractivity contribution is 5.51. The number of carbonyl (C=O) groups is 1. The Balaban J connectivity index is 1.81. The number of rotatable bonds is 3. The Bertz CT molecular complexity index is 483. The van der Waals surface area contributed by atoms with Crippen molar-refractivity contribution in [3.63, 3.8) is 0 Å². The second kappa shape index (κ2) is 5.81. The zero-order valence-electron chi connectivity index (χ0n) is 12.2. The number of hydrogen-bond donors (Lipinski definition) is 0.